The van der Waals surface area contributed by atoms with Crippen molar-refractivity contribution in [1.29, 1.82) is 0 Å². The van der Waals surface area contributed by atoms with Crippen molar-refractivity contribution in [2.45, 2.75) is 58.6 Å². The number of hydrogen-bond donors (Lipinski definition) is 2. The van der Waals surface area contributed by atoms with Gasteiger partial charge in [0.15, 0.2) is 0 Å². The van der Waals surface area contributed by atoms with E-state index >= 15 is 0 Å². The monoisotopic (exact) mass is 514 g/mol. The van der Waals surface area contributed by atoms with Gasteiger partial charge < -0.3 is 15.2 Å². The molecule has 3 aromatic rings. The van der Waals surface area contributed by atoms with Crippen LogP contribution < -0.4 is 5.32 Å². The zero-order chi connectivity index (χ0) is 27.4. The van der Waals surface area contributed by atoms with Crippen LogP contribution in [0.2, 0.25) is 0 Å². The number of piperidine rings is 1. The van der Waals surface area contributed by atoms with Crippen molar-refractivity contribution in [3.63, 3.8) is 0 Å². The molecule has 1 aromatic heterocycles. The van der Waals surface area contributed by atoms with Crippen LogP contribution >= 0.6 is 0 Å². The smallest absolute Gasteiger partial charge is 0.410 e. The summed E-state index contributed by atoms with van der Waals surface area (Å²) in [4.78, 5) is 27.2. The topological polar surface area (TPSA) is 96.7 Å². The molecule has 8 nitrogen and oxygen atoms in total. The molecule has 0 radical (unpaired) electrons. The van der Waals surface area contributed by atoms with E-state index in [1.165, 1.54) is 4.90 Å². The highest BCUT2D eigenvalue weighted by atomic mass is 16.6. The molecule has 8 heteroatoms. The number of aromatic nitrogens is 2. The van der Waals surface area contributed by atoms with E-state index < -0.39 is 17.7 Å². The number of phenols is 1. The zero-order valence-corrected chi connectivity index (χ0v) is 22.5. The van der Waals surface area contributed by atoms with Crippen LogP contribution in [0.15, 0.2) is 48.7 Å². The summed E-state index contributed by atoms with van der Waals surface area (Å²) in [7, 11) is 1.81. The maximum absolute atomic E-state index is 13.1. The van der Waals surface area contributed by atoms with Gasteiger partial charge in [0.25, 0.3) is 0 Å². The first kappa shape index (κ1) is 26.8. The fourth-order valence-corrected chi connectivity index (χ4v) is 4.36. The van der Waals surface area contributed by atoms with Gasteiger partial charge in [0.2, 0.25) is 5.91 Å². The van der Waals surface area contributed by atoms with Gasteiger partial charge >= 0.3 is 6.09 Å². The molecule has 0 aliphatic carbocycles. The van der Waals surface area contributed by atoms with Crippen LogP contribution in [0, 0.1) is 18.8 Å². The molecule has 0 spiro atoms. The number of aryl methyl sites for hydroxylation is 2. The van der Waals surface area contributed by atoms with Gasteiger partial charge in [0.05, 0.1) is 5.56 Å². The van der Waals surface area contributed by atoms with Crippen molar-refractivity contribution in [2.75, 3.05) is 11.9 Å². The maximum atomic E-state index is 13.1. The number of hydrogen-bond acceptors (Lipinski definition) is 5. The minimum Gasteiger partial charge on any atom is -0.507 e. The van der Waals surface area contributed by atoms with Crippen LogP contribution in [0.4, 0.5) is 10.5 Å². The summed E-state index contributed by atoms with van der Waals surface area (Å²) < 4.78 is 7.18. The Balaban J connectivity index is 1.47. The Morgan fingerprint density at radius 3 is 2.55 bits per heavy atom. The van der Waals surface area contributed by atoms with Crippen molar-refractivity contribution < 1.29 is 19.4 Å². The molecule has 4 rings (SSSR count). The molecule has 2 amide bonds. The Kier molecular flexibility index (Phi) is 7.77. The van der Waals surface area contributed by atoms with Gasteiger partial charge in [0, 0.05) is 36.6 Å². The van der Waals surface area contributed by atoms with Crippen LogP contribution in [-0.2, 0) is 16.6 Å². The van der Waals surface area contributed by atoms with Gasteiger partial charge in [-0.3, -0.25) is 14.4 Å². The first-order valence-corrected chi connectivity index (χ1v) is 12.8. The van der Waals surface area contributed by atoms with E-state index in [1.807, 2.05) is 65.2 Å². The highest BCUT2D eigenvalue weighted by Crippen LogP contribution is 2.31. The highest BCUT2D eigenvalue weighted by molar-refractivity contribution is 5.96. The van der Waals surface area contributed by atoms with Gasteiger partial charge in [-0.05, 0) is 83.4 Å². The molecule has 2 N–H and O–H groups in total. The lowest BCUT2D eigenvalue weighted by Gasteiger charge is -2.35. The number of nitrogens with one attached hydrogen (secondary N) is 1. The minimum atomic E-state index is -0.622. The number of ether oxygens (including phenoxy) is 1. The molecular weight excluding hydrogens is 480 g/mol. The lowest BCUT2D eigenvalue weighted by atomic mass is 10.0. The molecule has 2 aromatic carbocycles. The van der Waals surface area contributed by atoms with Gasteiger partial charge in [-0.1, -0.05) is 23.5 Å². The van der Waals surface area contributed by atoms with E-state index in [1.54, 1.807) is 22.9 Å². The van der Waals surface area contributed by atoms with Crippen LogP contribution in [0.5, 0.6) is 5.75 Å². The summed E-state index contributed by atoms with van der Waals surface area (Å²) >= 11 is 0. The molecule has 1 saturated heterocycles. The van der Waals surface area contributed by atoms with Crippen LogP contribution in [0.1, 0.15) is 56.7 Å². The Morgan fingerprint density at radius 1 is 1.11 bits per heavy atom. The summed E-state index contributed by atoms with van der Waals surface area (Å²) in [5.74, 6) is 6.22. The van der Waals surface area contributed by atoms with E-state index in [0.29, 0.717) is 35.5 Å². The molecule has 0 bridgehead atoms. The number of nitrogens with zero attached hydrogens (tertiary/aromatic N) is 3. The molecule has 198 valence electrons. The number of rotatable bonds is 3. The van der Waals surface area contributed by atoms with E-state index in [-0.39, 0.29) is 11.7 Å². The van der Waals surface area contributed by atoms with Crippen LogP contribution in [-0.4, -0.2) is 50.0 Å². The van der Waals surface area contributed by atoms with Gasteiger partial charge in [0.1, 0.15) is 23.1 Å². The van der Waals surface area contributed by atoms with E-state index in [9.17, 15) is 14.7 Å². The summed E-state index contributed by atoms with van der Waals surface area (Å²) in [6.45, 7) is 7.90. The van der Waals surface area contributed by atoms with Crippen molar-refractivity contribution in [2.24, 2.45) is 7.05 Å². The van der Waals surface area contributed by atoms with Crippen LogP contribution in [0.25, 0.3) is 11.3 Å². The summed E-state index contributed by atoms with van der Waals surface area (Å²) in [5.41, 5.74) is 3.74. The first-order valence-electron chi connectivity index (χ1n) is 12.8. The second kappa shape index (κ2) is 11.0. The average molecular weight is 515 g/mol. The fourth-order valence-electron chi connectivity index (χ4n) is 4.36. The average Bonchev–Trinajstić information content (AvgIpc) is 3.24. The number of carbonyl (C=O) groups excluding carboxylic acids is 2. The third-order valence-electron chi connectivity index (χ3n) is 6.16. The SMILES string of the molecule is Cc1ccc(O)c(-c2nn(C)cc2C#Cc2ccc(NC(=O)[C@H]3CCCCN3C(=O)OC(C)(C)C)cc2)c1. The quantitative estimate of drug-likeness (QED) is 0.467. The Morgan fingerprint density at radius 2 is 1.84 bits per heavy atom. The van der Waals surface area contributed by atoms with Gasteiger partial charge in [-0.2, -0.15) is 5.10 Å². The molecule has 0 saturated carbocycles. The van der Waals surface area contributed by atoms with Crippen LogP contribution in [0.3, 0.4) is 0 Å². The molecule has 38 heavy (non-hydrogen) atoms. The van der Waals surface area contributed by atoms with Gasteiger partial charge in [-0.15, -0.1) is 0 Å². The molecule has 0 unspecified atom stereocenters. The summed E-state index contributed by atoms with van der Waals surface area (Å²) in [6, 6.07) is 12.1. The zero-order valence-electron chi connectivity index (χ0n) is 22.5. The van der Waals surface area contributed by atoms with Gasteiger partial charge in [-0.25, -0.2) is 4.79 Å². The number of likely N-dealkylation sites (tertiary alicyclic amines) is 1. The Labute approximate surface area is 223 Å². The first-order chi connectivity index (χ1) is 18.0. The maximum Gasteiger partial charge on any atom is 0.410 e. The predicted molar refractivity (Wildman–Crippen MR) is 147 cm³/mol. The summed E-state index contributed by atoms with van der Waals surface area (Å²) in [6.07, 6.45) is 3.68. The van der Waals surface area contributed by atoms with E-state index in [0.717, 1.165) is 24.0 Å². The van der Waals surface area contributed by atoms with E-state index in [4.69, 9.17) is 4.74 Å². The number of benzene rings is 2. The molecule has 1 aliphatic rings. The minimum absolute atomic E-state index is 0.153. The normalized spacial score (nSPS) is 15.4. The largest absolute Gasteiger partial charge is 0.507 e. The van der Waals surface area contributed by atoms with Crippen molar-refractivity contribution in [1.82, 2.24) is 14.7 Å². The predicted octanol–water partition coefficient (Wildman–Crippen LogP) is 5.23. The summed E-state index contributed by atoms with van der Waals surface area (Å²) in [5, 5.41) is 17.8. The Hall–Kier alpha value is -4.25. The number of carbonyl (C=O) groups is 2. The molecule has 1 atom stereocenters. The molecule has 1 aliphatic heterocycles. The lowest BCUT2D eigenvalue weighted by Crippen LogP contribution is -2.51. The molecule has 2 heterocycles. The number of amides is 2. The third-order valence-corrected chi connectivity index (χ3v) is 6.16. The standard InChI is InChI=1S/C30H34N4O4/c1-20-9-16-26(35)24(18-20)27-22(19-33(5)32-27)13-10-21-11-14-23(15-12-21)31-28(36)25-8-6-7-17-34(25)29(37)38-30(2,3)4/h9,11-12,14-16,18-19,25,35H,6-8,17H2,1-5H3,(H,31,36)/t25-/m1/s1. The highest BCUT2D eigenvalue weighted by Gasteiger charge is 2.34. The van der Waals surface area contributed by atoms with Crippen molar-refractivity contribution in [3.8, 4) is 28.8 Å². The van der Waals surface area contributed by atoms with E-state index in [2.05, 4.69) is 22.3 Å². The third kappa shape index (κ3) is 6.54. The molecular formula is C30H34N4O4. The van der Waals surface area contributed by atoms with Crippen molar-refractivity contribution in [3.05, 3.63) is 65.4 Å². The number of anilines is 1. The number of aromatic hydroxyl groups is 1. The second-order valence-corrected chi connectivity index (χ2v) is 10.6. The fraction of sp³-hybridized carbons (Fsp3) is 0.367. The number of phenolic OH excluding ortho intramolecular Hbond substituents is 1. The lowest BCUT2D eigenvalue weighted by molar-refractivity contribution is -0.122. The Bertz CT molecular complexity index is 1390. The second-order valence-electron chi connectivity index (χ2n) is 10.6. The molecule has 1 fully saturated rings. The van der Waals surface area contributed by atoms with Crippen molar-refractivity contribution >= 4 is 17.7 Å².